The summed E-state index contributed by atoms with van der Waals surface area (Å²) in [7, 11) is 0. The number of carbonyl (C=O) groups excluding carboxylic acids is 1. The Kier molecular flexibility index (Phi) is 3.50. The number of ketones is 1. The lowest BCUT2D eigenvalue weighted by Crippen LogP contribution is -2.17. The molecule has 0 bridgehead atoms. The second-order valence-electron chi connectivity index (χ2n) is 4.40. The highest BCUT2D eigenvalue weighted by Gasteiger charge is 2.17. The van der Waals surface area contributed by atoms with E-state index in [1.807, 2.05) is 30.3 Å². The topological polar surface area (TPSA) is 29.4 Å². The molecule has 0 spiro atoms. The summed E-state index contributed by atoms with van der Waals surface area (Å²) < 4.78 is 0. The monoisotopic (exact) mass is 215 g/mol. The van der Waals surface area contributed by atoms with E-state index < -0.39 is 0 Å². The minimum absolute atomic E-state index is 0.210. The molecule has 0 saturated heterocycles. The van der Waals surface area contributed by atoms with Gasteiger partial charge in [0.2, 0.25) is 0 Å². The van der Waals surface area contributed by atoms with Gasteiger partial charge in [0.15, 0.2) is 5.78 Å². The van der Waals surface area contributed by atoms with Crippen molar-refractivity contribution in [2.75, 3.05) is 0 Å². The van der Waals surface area contributed by atoms with Crippen LogP contribution in [0, 0.1) is 0 Å². The zero-order valence-electron chi connectivity index (χ0n) is 9.65. The summed E-state index contributed by atoms with van der Waals surface area (Å²) in [5.41, 5.74) is 2.00. The SMILES string of the molecule is CC1=N[C@@H](CC(=O)c2ccccc2)CCC1. The Labute approximate surface area is 96.4 Å². The summed E-state index contributed by atoms with van der Waals surface area (Å²) >= 11 is 0. The fourth-order valence-electron chi connectivity index (χ4n) is 2.14. The van der Waals surface area contributed by atoms with Crippen LogP contribution in [0.1, 0.15) is 43.0 Å². The average Bonchev–Trinajstić information content (AvgIpc) is 2.30. The van der Waals surface area contributed by atoms with Gasteiger partial charge in [-0.05, 0) is 26.2 Å². The first-order chi connectivity index (χ1) is 7.75. The van der Waals surface area contributed by atoms with E-state index >= 15 is 0 Å². The van der Waals surface area contributed by atoms with Crippen LogP contribution in [-0.2, 0) is 0 Å². The molecular formula is C14H17NO. The number of hydrogen-bond donors (Lipinski definition) is 0. The van der Waals surface area contributed by atoms with Crippen LogP contribution >= 0.6 is 0 Å². The van der Waals surface area contributed by atoms with Gasteiger partial charge in [0, 0.05) is 17.7 Å². The van der Waals surface area contributed by atoms with Gasteiger partial charge in [-0.15, -0.1) is 0 Å². The van der Waals surface area contributed by atoms with E-state index in [0.717, 1.165) is 18.4 Å². The van der Waals surface area contributed by atoms with Crippen molar-refractivity contribution < 1.29 is 4.79 Å². The number of benzene rings is 1. The quantitative estimate of drug-likeness (QED) is 0.711. The van der Waals surface area contributed by atoms with Crippen molar-refractivity contribution in [1.29, 1.82) is 0 Å². The lowest BCUT2D eigenvalue weighted by molar-refractivity contribution is 0.0973. The first kappa shape index (κ1) is 11.1. The number of rotatable bonds is 3. The van der Waals surface area contributed by atoms with Crippen LogP contribution in [-0.4, -0.2) is 17.5 Å². The standard InChI is InChI=1S/C14H17NO/c1-11-6-5-9-13(15-11)10-14(16)12-7-3-2-4-8-12/h2-4,7-8,13H,5-6,9-10H2,1H3/t13-/m1/s1. The molecule has 0 fully saturated rings. The van der Waals surface area contributed by atoms with Crippen LogP contribution in [0.4, 0.5) is 0 Å². The van der Waals surface area contributed by atoms with Crippen LogP contribution in [0.25, 0.3) is 0 Å². The van der Waals surface area contributed by atoms with Crippen LogP contribution in [0.15, 0.2) is 35.3 Å². The third-order valence-electron chi connectivity index (χ3n) is 3.00. The van der Waals surface area contributed by atoms with Crippen molar-refractivity contribution in [1.82, 2.24) is 0 Å². The molecule has 0 radical (unpaired) electrons. The van der Waals surface area contributed by atoms with Gasteiger partial charge in [-0.3, -0.25) is 9.79 Å². The maximum absolute atomic E-state index is 12.0. The van der Waals surface area contributed by atoms with Crippen molar-refractivity contribution in [3.8, 4) is 0 Å². The maximum Gasteiger partial charge on any atom is 0.165 e. The molecule has 16 heavy (non-hydrogen) atoms. The molecule has 1 aromatic rings. The van der Waals surface area contributed by atoms with E-state index in [4.69, 9.17) is 0 Å². The van der Waals surface area contributed by atoms with Gasteiger partial charge < -0.3 is 0 Å². The zero-order chi connectivity index (χ0) is 11.4. The number of aliphatic imine (C=N–C) groups is 1. The average molecular weight is 215 g/mol. The van der Waals surface area contributed by atoms with Gasteiger partial charge in [0.1, 0.15) is 0 Å². The summed E-state index contributed by atoms with van der Waals surface area (Å²) in [6.07, 6.45) is 3.87. The van der Waals surface area contributed by atoms with Crippen LogP contribution in [0.5, 0.6) is 0 Å². The molecule has 84 valence electrons. The molecule has 0 saturated carbocycles. The molecular weight excluding hydrogens is 198 g/mol. The van der Waals surface area contributed by atoms with Crippen LogP contribution in [0.3, 0.4) is 0 Å². The largest absolute Gasteiger partial charge is 0.294 e. The molecule has 1 atom stereocenters. The minimum atomic E-state index is 0.210. The van der Waals surface area contributed by atoms with Gasteiger partial charge in [0.25, 0.3) is 0 Å². The summed E-state index contributed by atoms with van der Waals surface area (Å²) in [4.78, 5) is 16.5. The second kappa shape index (κ2) is 5.06. The zero-order valence-corrected chi connectivity index (χ0v) is 9.65. The summed E-state index contributed by atoms with van der Waals surface area (Å²) in [6.45, 7) is 2.05. The van der Waals surface area contributed by atoms with Crippen molar-refractivity contribution in [3.63, 3.8) is 0 Å². The lowest BCUT2D eigenvalue weighted by atomic mass is 9.97. The van der Waals surface area contributed by atoms with E-state index in [1.54, 1.807) is 0 Å². The molecule has 2 heteroatoms. The first-order valence-corrected chi connectivity index (χ1v) is 5.87. The van der Waals surface area contributed by atoms with E-state index in [1.165, 1.54) is 12.1 Å². The van der Waals surface area contributed by atoms with Crippen molar-refractivity contribution in [2.45, 2.75) is 38.6 Å². The van der Waals surface area contributed by atoms with Crippen molar-refractivity contribution in [2.24, 2.45) is 4.99 Å². The number of carbonyl (C=O) groups is 1. The molecule has 1 aromatic carbocycles. The Hall–Kier alpha value is -1.44. The van der Waals surface area contributed by atoms with E-state index in [0.29, 0.717) is 6.42 Å². The fourth-order valence-corrected chi connectivity index (χ4v) is 2.14. The molecule has 0 aromatic heterocycles. The van der Waals surface area contributed by atoms with Crippen LogP contribution < -0.4 is 0 Å². The smallest absolute Gasteiger partial charge is 0.165 e. The Morgan fingerprint density at radius 3 is 2.81 bits per heavy atom. The van der Waals surface area contributed by atoms with Gasteiger partial charge in [-0.1, -0.05) is 30.3 Å². The third-order valence-corrected chi connectivity index (χ3v) is 3.00. The van der Waals surface area contributed by atoms with Crippen molar-refractivity contribution in [3.05, 3.63) is 35.9 Å². The minimum Gasteiger partial charge on any atom is -0.294 e. The molecule has 2 nitrogen and oxygen atoms in total. The molecule has 1 heterocycles. The first-order valence-electron chi connectivity index (χ1n) is 5.87. The predicted molar refractivity (Wildman–Crippen MR) is 66.1 cm³/mol. The number of Topliss-reactive ketones (excluding diaryl/α,β-unsaturated/α-hetero) is 1. The molecule has 0 amide bonds. The number of nitrogens with zero attached hydrogens (tertiary/aromatic N) is 1. The summed E-state index contributed by atoms with van der Waals surface area (Å²) in [5.74, 6) is 0.212. The summed E-state index contributed by atoms with van der Waals surface area (Å²) in [5, 5.41) is 0. The molecule has 2 rings (SSSR count). The second-order valence-corrected chi connectivity index (χ2v) is 4.40. The highest BCUT2D eigenvalue weighted by molar-refractivity contribution is 5.96. The van der Waals surface area contributed by atoms with Gasteiger partial charge in [-0.2, -0.15) is 0 Å². The summed E-state index contributed by atoms with van der Waals surface area (Å²) in [6, 6.07) is 9.70. The Morgan fingerprint density at radius 2 is 2.12 bits per heavy atom. The predicted octanol–water partition coefficient (Wildman–Crippen LogP) is 3.27. The fraction of sp³-hybridized carbons (Fsp3) is 0.429. The van der Waals surface area contributed by atoms with Crippen molar-refractivity contribution >= 4 is 11.5 Å². The normalized spacial score (nSPS) is 20.3. The van der Waals surface area contributed by atoms with Gasteiger partial charge in [0.05, 0.1) is 6.04 Å². The Bertz CT molecular complexity index is 394. The molecule has 0 unspecified atom stereocenters. The molecule has 0 N–H and O–H groups in total. The molecule has 1 aliphatic rings. The van der Waals surface area contributed by atoms with E-state index in [2.05, 4.69) is 11.9 Å². The van der Waals surface area contributed by atoms with Crippen LogP contribution in [0.2, 0.25) is 0 Å². The van der Waals surface area contributed by atoms with Gasteiger partial charge in [-0.25, -0.2) is 0 Å². The van der Waals surface area contributed by atoms with E-state index in [9.17, 15) is 4.79 Å². The van der Waals surface area contributed by atoms with Gasteiger partial charge >= 0.3 is 0 Å². The van der Waals surface area contributed by atoms with E-state index in [-0.39, 0.29) is 11.8 Å². The Balaban J connectivity index is 2.00. The lowest BCUT2D eigenvalue weighted by Gasteiger charge is -2.17. The highest BCUT2D eigenvalue weighted by Crippen LogP contribution is 2.18. The number of hydrogen-bond acceptors (Lipinski definition) is 2. The maximum atomic E-state index is 12.0. The molecule has 0 aliphatic carbocycles. The highest BCUT2D eigenvalue weighted by atomic mass is 16.1. The Morgan fingerprint density at radius 1 is 1.38 bits per heavy atom. The molecule has 1 aliphatic heterocycles. The third kappa shape index (κ3) is 2.78.